The molecule has 0 unspecified atom stereocenters. The van der Waals surface area contributed by atoms with E-state index in [0.717, 1.165) is 11.3 Å². The van der Waals surface area contributed by atoms with Gasteiger partial charge in [0.15, 0.2) is 11.6 Å². The first-order valence-corrected chi connectivity index (χ1v) is 6.67. The second-order valence-corrected chi connectivity index (χ2v) is 5.15. The SMILES string of the molecule is CC(C)n1cncc1COc1ccc([C@@H](C)N)cc1F. The molecule has 0 aliphatic rings. The van der Waals surface area contributed by atoms with Crippen molar-refractivity contribution in [2.45, 2.75) is 39.5 Å². The van der Waals surface area contributed by atoms with Crippen LogP contribution in [-0.2, 0) is 6.61 Å². The second-order valence-electron chi connectivity index (χ2n) is 5.15. The summed E-state index contributed by atoms with van der Waals surface area (Å²) in [5.74, 6) is -0.165. The molecular weight excluding hydrogens is 257 g/mol. The van der Waals surface area contributed by atoms with Gasteiger partial charge in [-0.15, -0.1) is 0 Å². The van der Waals surface area contributed by atoms with E-state index in [1.165, 1.54) is 6.07 Å². The number of rotatable bonds is 5. The van der Waals surface area contributed by atoms with Gasteiger partial charge in [0.05, 0.1) is 18.2 Å². The molecule has 1 atom stereocenters. The van der Waals surface area contributed by atoms with Crippen LogP contribution in [0.5, 0.6) is 5.75 Å². The van der Waals surface area contributed by atoms with Crippen LogP contribution in [0.1, 0.15) is 44.1 Å². The normalized spacial score (nSPS) is 12.7. The fourth-order valence-corrected chi connectivity index (χ4v) is 1.98. The zero-order valence-electron chi connectivity index (χ0n) is 12.0. The Labute approximate surface area is 118 Å². The number of benzene rings is 1. The highest BCUT2D eigenvalue weighted by Crippen LogP contribution is 2.22. The molecule has 4 nitrogen and oxygen atoms in total. The van der Waals surface area contributed by atoms with Gasteiger partial charge < -0.3 is 15.0 Å². The molecule has 0 saturated carbocycles. The first-order chi connectivity index (χ1) is 9.49. The van der Waals surface area contributed by atoms with Crippen LogP contribution in [0.15, 0.2) is 30.7 Å². The Morgan fingerprint density at radius 1 is 1.35 bits per heavy atom. The van der Waals surface area contributed by atoms with E-state index in [1.807, 2.05) is 11.5 Å². The topological polar surface area (TPSA) is 53.1 Å². The van der Waals surface area contributed by atoms with E-state index in [1.54, 1.807) is 24.7 Å². The summed E-state index contributed by atoms with van der Waals surface area (Å²) >= 11 is 0. The number of hydrogen-bond acceptors (Lipinski definition) is 3. The molecule has 0 saturated heterocycles. The van der Waals surface area contributed by atoms with Crippen LogP contribution in [0.3, 0.4) is 0 Å². The lowest BCUT2D eigenvalue weighted by atomic mass is 10.1. The highest BCUT2D eigenvalue weighted by Gasteiger charge is 2.10. The number of nitrogens with two attached hydrogens (primary N) is 1. The summed E-state index contributed by atoms with van der Waals surface area (Å²) in [6, 6.07) is 4.91. The molecule has 108 valence electrons. The van der Waals surface area contributed by atoms with Gasteiger partial charge in [-0.25, -0.2) is 9.37 Å². The molecule has 2 rings (SSSR count). The summed E-state index contributed by atoms with van der Waals surface area (Å²) in [5, 5.41) is 0. The molecule has 5 heteroatoms. The van der Waals surface area contributed by atoms with Gasteiger partial charge in [0.2, 0.25) is 0 Å². The van der Waals surface area contributed by atoms with Crippen LogP contribution < -0.4 is 10.5 Å². The number of aromatic nitrogens is 2. The third-order valence-electron chi connectivity index (χ3n) is 3.16. The lowest BCUT2D eigenvalue weighted by Gasteiger charge is -2.13. The fourth-order valence-electron chi connectivity index (χ4n) is 1.98. The Morgan fingerprint density at radius 2 is 2.10 bits per heavy atom. The minimum Gasteiger partial charge on any atom is -0.484 e. The Hall–Kier alpha value is -1.88. The molecule has 0 amide bonds. The predicted molar refractivity (Wildman–Crippen MR) is 75.9 cm³/mol. The van der Waals surface area contributed by atoms with Gasteiger partial charge in [-0.2, -0.15) is 0 Å². The molecule has 0 aliphatic carbocycles. The van der Waals surface area contributed by atoms with Gasteiger partial charge >= 0.3 is 0 Å². The summed E-state index contributed by atoms with van der Waals surface area (Å²) in [6.45, 7) is 6.22. The molecule has 0 spiro atoms. The Balaban J connectivity index is 2.09. The van der Waals surface area contributed by atoms with Gasteiger partial charge in [-0.3, -0.25) is 0 Å². The Bertz CT molecular complexity index is 578. The number of nitrogens with zero attached hydrogens (tertiary/aromatic N) is 2. The van der Waals surface area contributed by atoms with Crippen molar-refractivity contribution in [2.24, 2.45) is 5.73 Å². The first-order valence-electron chi connectivity index (χ1n) is 6.67. The predicted octanol–water partition coefficient (Wildman–Crippen LogP) is 3.20. The van der Waals surface area contributed by atoms with Crippen molar-refractivity contribution in [3.05, 3.63) is 47.8 Å². The zero-order chi connectivity index (χ0) is 14.7. The van der Waals surface area contributed by atoms with Crippen LogP contribution in [0.4, 0.5) is 4.39 Å². The molecule has 1 aromatic heterocycles. The van der Waals surface area contributed by atoms with Crippen molar-refractivity contribution in [3.8, 4) is 5.75 Å². The minimum atomic E-state index is -0.393. The van der Waals surface area contributed by atoms with Gasteiger partial charge in [0.25, 0.3) is 0 Å². The van der Waals surface area contributed by atoms with E-state index >= 15 is 0 Å². The van der Waals surface area contributed by atoms with Crippen molar-refractivity contribution in [1.82, 2.24) is 9.55 Å². The van der Waals surface area contributed by atoms with Crippen molar-refractivity contribution in [2.75, 3.05) is 0 Å². The maximum Gasteiger partial charge on any atom is 0.165 e. The smallest absolute Gasteiger partial charge is 0.165 e. The number of hydrogen-bond donors (Lipinski definition) is 1. The summed E-state index contributed by atoms with van der Waals surface area (Å²) in [5.41, 5.74) is 7.38. The number of halogens is 1. The molecule has 2 N–H and O–H groups in total. The van der Waals surface area contributed by atoms with E-state index in [2.05, 4.69) is 18.8 Å². The molecule has 1 heterocycles. The summed E-state index contributed by atoms with van der Waals surface area (Å²) in [7, 11) is 0. The zero-order valence-corrected chi connectivity index (χ0v) is 12.0. The molecule has 20 heavy (non-hydrogen) atoms. The largest absolute Gasteiger partial charge is 0.484 e. The summed E-state index contributed by atoms with van der Waals surface area (Å²) < 4.78 is 21.4. The van der Waals surface area contributed by atoms with E-state index in [9.17, 15) is 4.39 Å². The molecule has 0 bridgehead atoms. The summed E-state index contributed by atoms with van der Waals surface area (Å²) in [4.78, 5) is 4.09. The molecule has 2 aromatic rings. The highest BCUT2D eigenvalue weighted by atomic mass is 19.1. The van der Waals surface area contributed by atoms with E-state index < -0.39 is 5.82 Å². The number of ether oxygens (including phenoxy) is 1. The minimum absolute atomic E-state index is 0.194. The Morgan fingerprint density at radius 3 is 2.70 bits per heavy atom. The van der Waals surface area contributed by atoms with Crippen molar-refractivity contribution in [3.63, 3.8) is 0 Å². The standard InChI is InChI=1S/C15H20FN3O/c1-10(2)19-9-18-7-13(19)8-20-15-5-4-12(11(3)17)6-14(15)16/h4-7,9-11H,8,17H2,1-3H3/t11-/m1/s1. The van der Waals surface area contributed by atoms with Gasteiger partial charge in [0, 0.05) is 12.1 Å². The third kappa shape index (κ3) is 3.17. The van der Waals surface area contributed by atoms with Crippen LogP contribution in [0, 0.1) is 5.82 Å². The third-order valence-corrected chi connectivity index (χ3v) is 3.16. The van der Waals surface area contributed by atoms with Gasteiger partial charge in [0.1, 0.15) is 6.61 Å². The van der Waals surface area contributed by atoms with E-state index in [0.29, 0.717) is 6.04 Å². The van der Waals surface area contributed by atoms with E-state index in [-0.39, 0.29) is 18.4 Å². The van der Waals surface area contributed by atoms with Crippen LogP contribution in [-0.4, -0.2) is 9.55 Å². The lowest BCUT2D eigenvalue weighted by Crippen LogP contribution is -2.08. The highest BCUT2D eigenvalue weighted by molar-refractivity contribution is 5.30. The molecule has 0 aliphatic heterocycles. The average Bonchev–Trinajstić information content (AvgIpc) is 2.85. The molecule has 0 radical (unpaired) electrons. The van der Waals surface area contributed by atoms with Crippen LogP contribution in [0.25, 0.3) is 0 Å². The van der Waals surface area contributed by atoms with Crippen LogP contribution >= 0.6 is 0 Å². The van der Waals surface area contributed by atoms with E-state index in [4.69, 9.17) is 10.5 Å². The lowest BCUT2D eigenvalue weighted by molar-refractivity contribution is 0.277. The molecule has 1 aromatic carbocycles. The van der Waals surface area contributed by atoms with Gasteiger partial charge in [-0.1, -0.05) is 6.07 Å². The quantitative estimate of drug-likeness (QED) is 0.913. The second kappa shape index (κ2) is 6.05. The Kier molecular flexibility index (Phi) is 4.39. The first kappa shape index (κ1) is 14.5. The monoisotopic (exact) mass is 277 g/mol. The van der Waals surface area contributed by atoms with Crippen LogP contribution in [0.2, 0.25) is 0 Å². The maximum absolute atomic E-state index is 13.9. The van der Waals surface area contributed by atoms with Crippen molar-refractivity contribution >= 4 is 0 Å². The summed E-state index contributed by atoms with van der Waals surface area (Å²) in [6.07, 6.45) is 3.48. The average molecular weight is 277 g/mol. The maximum atomic E-state index is 13.9. The molecule has 0 fully saturated rings. The molecular formula is C15H20FN3O. The fraction of sp³-hybridized carbons (Fsp3) is 0.400. The van der Waals surface area contributed by atoms with Crippen molar-refractivity contribution in [1.29, 1.82) is 0 Å². The van der Waals surface area contributed by atoms with Crippen molar-refractivity contribution < 1.29 is 9.13 Å². The van der Waals surface area contributed by atoms with Gasteiger partial charge in [-0.05, 0) is 38.5 Å². The number of imidazole rings is 1.